The highest BCUT2D eigenvalue weighted by atomic mass is 35.5. The Balaban J connectivity index is 1.25. The van der Waals surface area contributed by atoms with Gasteiger partial charge in [-0.2, -0.15) is 0 Å². The van der Waals surface area contributed by atoms with E-state index in [-0.39, 0.29) is 50.9 Å². The molecule has 0 atom stereocenters. The topological polar surface area (TPSA) is 67.4 Å². The van der Waals surface area contributed by atoms with Crippen LogP contribution in [0.1, 0.15) is 29.6 Å². The van der Waals surface area contributed by atoms with Crippen LogP contribution in [0.3, 0.4) is 0 Å². The van der Waals surface area contributed by atoms with E-state index in [0.29, 0.717) is 19.3 Å². The molecule has 152 valence electrons. The van der Waals surface area contributed by atoms with Crippen LogP contribution in [-0.4, -0.2) is 29.5 Å². The molecule has 0 spiro atoms. The van der Waals surface area contributed by atoms with E-state index >= 15 is 0 Å². The minimum Gasteiger partial charge on any atom is -0.484 e. The van der Waals surface area contributed by atoms with E-state index in [1.165, 1.54) is 24.3 Å². The first-order valence-electron chi connectivity index (χ1n) is 8.86. The maximum absolute atomic E-state index is 13.5. The maximum atomic E-state index is 13.5. The minimum absolute atomic E-state index is 0.0237. The molecule has 2 aromatic carbocycles. The van der Waals surface area contributed by atoms with Crippen molar-refractivity contribution in [2.75, 3.05) is 6.61 Å². The number of hydrogen-bond acceptors (Lipinski definition) is 3. The lowest BCUT2D eigenvalue weighted by atomic mass is 9.44. The molecular weight excluding hydrogens is 425 g/mol. The molecular formula is C20H16Cl2F2N2O3. The second-order valence-electron chi connectivity index (χ2n) is 7.59. The summed E-state index contributed by atoms with van der Waals surface area (Å²) in [4.78, 5) is 24.4. The molecule has 5 nitrogen and oxygen atoms in total. The number of hydrogen-bond donors (Lipinski definition) is 2. The lowest BCUT2D eigenvalue weighted by molar-refractivity contribution is -0.141. The molecule has 9 heteroatoms. The zero-order valence-electron chi connectivity index (χ0n) is 15.0. The van der Waals surface area contributed by atoms with Gasteiger partial charge in [-0.3, -0.25) is 9.59 Å². The summed E-state index contributed by atoms with van der Waals surface area (Å²) in [5, 5.41) is 5.73. The number of carbonyl (C=O) groups is 2. The molecule has 29 heavy (non-hydrogen) atoms. The highest BCUT2D eigenvalue weighted by Crippen LogP contribution is 2.60. The van der Waals surface area contributed by atoms with E-state index in [2.05, 4.69) is 10.6 Å². The van der Waals surface area contributed by atoms with Crippen molar-refractivity contribution in [1.29, 1.82) is 0 Å². The lowest BCUT2D eigenvalue weighted by Crippen LogP contribution is -2.84. The fourth-order valence-electron chi connectivity index (χ4n) is 4.05. The minimum atomic E-state index is -0.652. The van der Waals surface area contributed by atoms with Gasteiger partial charge in [-0.1, -0.05) is 23.2 Å². The normalized spacial score (nSPS) is 24.1. The first kappa shape index (κ1) is 19.9. The Hall–Kier alpha value is -2.38. The largest absolute Gasteiger partial charge is 0.484 e. The van der Waals surface area contributed by atoms with Crippen molar-refractivity contribution in [1.82, 2.24) is 10.6 Å². The molecule has 3 aliphatic carbocycles. The molecule has 0 saturated heterocycles. The van der Waals surface area contributed by atoms with Crippen LogP contribution in [-0.2, 0) is 4.79 Å². The number of amides is 2. The highest BCUT2D eigenvalue weighted by molar-refractivity contribution is 6.31. The summed E-state index contributed by atoms with van der Waals surface area (Å²) in [5.41, 5.74) is -0.566. The molecule has 0 aromatic heterocycles. The van der Waals surface area contributed by atoms with Crippen LogP contribution in [0.25, 0.3) is 0 Å². The molecule has 2 aromatic rings. The molecule has 0 radical (unpaired) electrons. The zero-order valence-corrected chi connectivity index (χ0v) is 16.5. The van der Waals surface area contributed by atoms with Gasteiger partial charge in [-0.25, -0.2) is 8.78 Å². The molecule has 3 fully saturated rings. The van der Waals surface area contributed by atoms with Gasteiger partial charge in [0.05, 0.1) is 10.0 Å². The number of benzene rings is 2. The lowest BCUT2D eigenvalue weighted by Gasteiger charge is -2.70. The summed E-state index contributed by atoms with van der Waals surface area (Å²) in [6.45, 7) is -0.258. The Bertz CT molecular complexity index is 995. The van der Waals surface area contributed by atoms with Crippen LogP contribution in [0, 0.1) is 11.6 Å². The molecule has 2 bridgehead atoms. The van der Waals surface area contributed by atoms with Gasteiger partial charge in [0.15, 0.2) is 6.61 Å². The van der Waals surface area contributed by atoms with Gasteiger partial charge in [0.2, 0.25) is 0 Å². The van der Waals surface area contributed by atoms with Gasteiger partial charge in [0.25, 0.3) is 11.8 Å². The van der Waals surface area contributed by atoms with E-state index in [4.69, 9.17) is 27.9 Å². The Morgan fingerprint density at radius 1 is 0.931 bits per heavy atom. The summed E-state index contributed by atoms with van der Waals surface area (Å²) in [5.74, 6) is -1.78. The SMILES string of the molecule is O=C(COc1ccc(Cl)c(F)c1)NC12CC(NC(=O)c3ccc(Cl)c(F)c3)(C1)C2. The van der Waals surface area contributed by atoms with Gasteiger partial charge in [0, 0.05) is 22.7 Å². The first-order valence-corrected chi connectivity index (χ1v) is 9.61. The van der Waals surface area contributed by atoms with E-state index in [0.717, 1.165) is 12.1 Å². The van der Waals surface area contributed by atoms with Crippen molar-refractivity contribution < 1.29 is 23.1 Å². The van der Waals surface area contributed by atoms with Crippen LogP contribution in [0.5, 0.6) is 5.75 Å². The van der Waals surface area contributed by atoms with Crippen LogP contribution in [0.2, 0.25) is 10.0 Å². The van der Waals surface area contributed by atoms with E-state index in [1.807, 2.05) is 0 Å². The first-order chi connectivity index (χ1) is 13.7. The summed E-state index contributed by atoms with van der Waals surface area (Å²) >= 11 is 11.2. The Morgan fingerprint density at radius 2 is 1.52 bits per heavy atom. The average Bonchev–Trinajstić information content (AvgIpc) is 2.62. The second-order valence-corrected chi connectivity index (χ2v) is 8.40. The van der Waals surface area contributed by atoms with Gasteiger partial charge < -0.3 is 15.4 Å². The summed E-state index contributed by atoms with van der Waals surface area (Å²) in [6.07, 6.45) is 1.76. The van der Waals surface area contributed by atoms with Crippen molar-refractivity contribution in [2.24, 2.45) is 0 Å². The standard InChI is InChI=1S/C20H16Cl2F2N2O3/c21-13-3-1-11(5-15(13)23)18(28)26-20-8-19(9-20,10-20)25-17(27)7-29-12-2-4-14(22)16(24)6-12/h1-6H,7-10H2,(H,25,27)(H,26,28). The van der Waals surface area contributed by atoms with Crippen molar-refractivity contribution in [3.63, 3.8) is 0 Å². The van der Waals surface area contributed by atoms with E-state index in [9.17, 15) is 18.4 Å². The monoisotopic (exact) mass is 440 g/mol. The predicted molar refractivity (Wildman–Crippen MR) is 103 cm³/mol. The van der Waals surface area contributed by atoms with Gasteiger partial charge in [-0.15, -0.1) is 0 Å². The molecule has 3 saturated carbocycles. The summed E-state index contributed by atoms with van der Waals surface area (Å²) in [7, 11) is 0. The molecule has 0 heterocycles. The molecule has 0 unspecified atom stereocenters. The number of rotatable bonds is 6. The highest BCUT2D eigenvalue weighted by Gasteiger charge is 2.69. The predicted octanol–water partition coefficient (Wildman–Crippen LogP) is 3.87. The molecule has 5 rings (SSSR count). The summed E-state index contributed by atoms with van der Waals surface area (Å²) in [6, 6.07) is 7.83. The average molecular weight is 441 g/mol. The van der Waals surface area contributed by atoms with Crippen molar-refractivity contribution in [2.45, 2.75) is 30.3 Å². The van der Waals surface area contributed by atoms with E-state index in [1.54, 1.807) is 0 Å². The third kappa shape index (κ3) is 3.89. The molecule has 3 aliphatic rings. The molecule has 2 amide bonds. The van der Waals surface area contributed by atoms with Gasteiger partial charge >= 0.3 is 0 Å². The number of halogens is 4. The van der Waals surface area contributed by atoms with Crippen molar-refractivity contribution in [3.05, 3.63) is 63.6 Å². The third-order valence-corrected chi connectivity index (χ3v) is 5.87. The second kappa shape index (κ2) is 7.15. The fraction of sp³-hybridized carbons (Fsp3) is 0.300. The van der Waals surface area contributed by atoms with Crippen molar-refractivity contribution >= 4 is 35.0 Å². The number of nitrogens with one attached hydrogen (secondary N) is 2. The summed E-state index contributed by atoms with van der Waals surface area (Å²) < 4.78 is 32.2. The van der Waals surface area contributed by atoms with Gasteiger partial charge in [0.1, 0.15) is 17.4 Å². The Kier molecular flexibility index (Phi) is 4.91. The van der Waals surface area contributed by atoms with Crippen LogP contribution in [0.4, 0.5) is 8.78 Å². The molecule has 2 N–H and O–H groups in total. The smallest absolute Gasteiger partial charge is 0.258 e. The van der Waals surface area contributed by atoms with Crippen LogP contribution >= 0.6 is 23.2 Å². The number of carbonyl (C=O) groups excluding carboxylic acids is 2. The van der Waals surface area contributed by atoms with Crippen molar-refractivity contribution in [3.8, 4) is 5.75 Å². The number of ether oxygens (including phenoxy) is 1. The Labute approximate surface area is 175 Å². The third-order valence-electron chi connectivity index (χ3n) is 5.26. The van der Waals surface area contributed by atoms with E-state index < -0.39 is 11.6 Å². The maximum Gasteiger partial charge on any atom is 0.258 e. The fourth-order valence-corrected chi connectivity index (χ4v) is 4.29. The van der Waals surface area contributed by atoms with Crippen LogP contribution < -0.4 is 15.4 Å². The molecule has 0 aliphatic heterocycles. The zero-order chi connectivity index (χ0) is 20.8. The quantitative estimate of drug-likeness (QED) is 0.716. The van der Waals surface area contributed by atoms with Gasteiger partial charge in [-0.05, 0) is 49.6 Å². The Morgan fingerprint density at radius 3 is 2.14 bits per heavy atom. The van der Waals surface area contributed by atoms with Crippen LogP contribution in [0.15, 0.2) is 36.4 Å².